The number of benzene rings is 1. The highest BCUT2D eigenvalue weighted by molar-refractivity contribution is 5.89. The van der Waals surface area contributed by atoms with Crippen molar-refractivity contribution in [2.45, 2.75) is 63.2 Å². The molecule has 1 aliphatic carbocycles. The van der Waals surface area contributed by atoms with Gasteiger partial charge in [0.1, 0.15) is 0 Å². The molecule has 1 heterocycles. The molecule has 1 aromatic carbocycles. The summed E-state index contributed by atoms with van der Waals surface area (Å²) in [6, 6.07) is 7.69. The maximum atomic E-state index is 12.4. The maximum absolute atomic E-state index is 12.4. The number of likely N-dealkylation sites (N-methyl/N-ethyl adjacent to an activating group) is 1. The number of carbonyl (C=O) groups is 1. The summed E-state index contributed by atoms with van der Waals surface area (Å²) in [5, 5.41) is 6.01. The molecule has 1 saturated carbocycles. The molecule has 1 saturated heterocycles. The van der Waals surface area contributed by atoms with Crippen molar-refractivity contribution < 1.29 is 14.3 Å². The van der Waals surface area contributed by atoms with Crippen molar-refractivity contribution in [1.29, 1.82) is 0 Å². The molecule has 6 nitrogen and oxygen atoms in total. The van der Waals surface area contributed by atoms with E-state index in [2.05, 4.69) is 29.6 Å². The number of ether oxygens (including phenoxy) is 2. The molecule has 28 heavy (non-hydrogen) atoms. The van der Waals surface area contributed by atoms with Gasteiger partial charge in [-0.05, 0) is 63.9 Å². The number of carbonyl (C=O) groups excluding carboxylic acids is 1. The van der Waals surface area contributed by atoms with Gasteiger partial charge in [0.25, 0.3) is 0 Å². The van der Waals surface area contributed by atoms with Crippen LogP contribution < -0.4 is 10.6 Å². The van der Waals surface area contributed by atoms with Gasteiger partial charge >= 0.3 is 6.03 Å². The summed E-state index contributed by atoms with van der Waals surface area (Å²) >= 11 is 0. The fourth-order valence-corrected chi connectivity index (χ4v) is 4.22. The Kier molecular flexibility index (Phi) is 7.71. The molecule has 6 heteroatoms. The third kappa shape index (κ3) is 5.93. The fraction of sp³-hybridized carbons (Fsp3) is 0.682. The Balaban J connectivity index is 1.43. The van der Waals surface area contributed by atoms with Gasteiger partial charge in [-0.15, -0.1) is 0 Å². The van der Waals surface area contributed by atoms with Crippen LogP contribution in [-0.4, -0.2) is 56.4 Å². The minimum absolute atomic E-state index is 0.0915. The highest BCUT2D eigenvalue weighted by Crippen LogP contribution is 2.33. The van der Waals surface area contributed by atoms with Gasteiger partial charge in [-0.2, -0.15) is 0 Å². The lowest BCUT2D eigenvalue weighted by Gasteiger charge is -2.36. The Morgan fingerprint density at radius 1 is 1.25 bits per heavy atom. The smallest absolute Gasteiger partial charge is 0.319 e. The van der Waals surface area contributed by atoms with Gasteiger partial charge in [0.15, 0.2) is 0 Å². The summed E-state index contributed by atoms with van der Waals surface area (Å²) in [5.41, 5.74) is 1.93. The predicted molar refractivity (Wildman–Crippen MR) is 112 cm³/mol. The monoisotopic (exact) mass is 389 g/mol. The molecular formula is C22H35N3O3. The van der Waals surface area contributed by atoms with Crippen molar-refractivity contribution >= 4 is 11.7 Å². The molecule has 2 amide bonds. The number of nitrogens with zero attached hydrogens (tertiary/aromatic N) is 1. The Bertz CT molecular complexity index is 623. The molecule has 0 radical (unpaired) electrons. The normalized spacial score (nSPS) is 21.6. The highest BCUT2D eigenvalue weighted by Gasteiger charge is 2.36. The first-order chi connectivity index (χ1) is 13.6. The van der Waals surface area contributed by atoms with Gasteiger partial charge in [-0.25, -0.2) is 4.79 Å². The zero-order valence-corrected chi connectivity index (χ0v) is 17.3. The number of amides is 2. The van der Waals surface area contributed by atoms with Gasteiger partial charge in [0.2, 0.25) is 0 Å². The highest BCUT2D eigenvalue weighted by atomic mass is 16.5. The average Bonchev–Trinajstić information content (AvgIpc) is 3.18. The van der Waals surface area contributed by atoms with Crippen molar-refractivity contribution in [3.63, 3.8) is 0 Å². The zero-order chi connectivity index (χ0) is 19.8. The van der Waals surface area contributed by atoms with E-state index in [1.54, 1.807) is 0 Å². The average molecular weight is 390 g/mol. The minimum Gasteiger partial charge on any atom is -0.376 e. The van der Waals surface area contributed by atoms with Crippen LogP contribution in [0.25, 0.3) is 0 Å². The van der Waals surface area contributed by atoms with Gasteiger partial charge < -0.3 is 25.0 Å². The lowest BCUT2D eigenvalue weighted by Crippen LogP contribution is -2.51. The Morgan fingerprint density at radius 3 is 2.79 bits per heavy atom. The summed E-state index contributed by atoms with van der Waals surface area (Å²) in [6.07, 6.45) is 8.41. The number of nitrogens with one attached hydrogen (secondary N) is 2. The van der Waals surface area contributed by atoms with Crippen LogP contribution in [0.3, 0.4) is 0 Å². The Morgan fingerprint density at radius 2 is 2.07 bits per heavy atom. The molecule has 2 N–H and O–H groups in total. The maximum Gasteiger partial charge on any atom is 0.319 e. The van der Waals surface area contributed by atoms with Gasteiger partial charge in [-0.3, -0.25) is 0 Å². The molecule has 0 aromatic heterocycles. The van der Waals surface area contributed by atoms with Crippen LogP contribution in [0.15, 0.2) is 24.3 Å². The van der Waals surface area contributed by atoms with Crippen LogP contribution in [0.5, 0.6) is 0 Å². The summed E-state index contributed by atoms with van der Waals surface area (Å²) < 4.78 is 11.5. The first-order valence-corrected chi connectivity index (χ1v) is 10.6. The van der Waals surface area contributed by atoms with E-state index in [1.807, 2.05) is 24.3 Å². The van der Waals surface area contributed by atoms with Crippen molar-refractivity contribution in [3.8, 4) is 0 Å². The van der Waals surface area contributed by atoms with Gasteiger partial charge in [-0.1, -0.05) is 25.0 Å². The molecule has 3 rings (SSSR count). The number of urea groups is 1. The first kappa shape index (κ1) is 21.1. The molecular weight excluding hydrogens is 354 g/mol. The number of hydrogen-bond donors (Lipinski definition) is 2. The number of rotatable bonds is 8. The minimum atomic E-state index is -0.151. The van der Waals surface area contributed by atoms with Crippen LogP contribution in [-0.2, 0) is 16.1 Å². The summed E-state index contributed by atoms with van der Waals surface area (Å²) in [5.74, 6) is 0. The van der Waals surface area contributed by atoms with E-state index < -0.39 is 0 Å². The van der Waals surface area contributed by atoms with Crippen molar-refractivity contribution in [2.75, 3.05) is 39.2 Å². The standard InChI is InChI=1S/C22H35N3O3/c1-25(2)22(11-4-5-12-22)17-23-21(26)24-19-9-7-8-18(14-19)15-27-16-20-10-3-6-13-28-20/h7-9,14,20H,3-6,10-13,15-17H2,1-2H3,(H2,23,24,26). The van der Waals surface area contributed by atoms with Crippen molar-refractivity contribution in [2.24, 2.45) is 0 Å². The lowest BCUT2D eigenvalue weighted by atomic mass is 9.96. The van der Waals surface area contributed by atoms with E-state index in [0.29, 0.717) is 19.8 Å². The van der Waals surface area contributed by atoms with E-state index in [-0.39, 0.29) is 17.7 Å². The Labute approximate surface area is 169 Å². The van der Waals surface area contributed by atoms with E-state index >= 15 is 0 Å². The molecule has 2 aliphatic rings. The third-order valence-corrected chi connectivity index (χ3v) is 6.09. The molecule has 1 aliphatic heterocycles. The fourth-order valence-electron chi connectivity index (χ4n) is 4.22. The lowest BCUT2D eigenvalue weighted by molar-refractivity contribution is -0.0447. The van der Waals surface area contributed by atoms with Gasteiger partial charge in [0, 0.05) is 24.4 Å². The summed E-state index contributed by atoms with van der Waals surface area (Å²) in [7, 11) is 4.21. The largest absolute Gasteiger partial charge is 0.376 e. The number of anilines is 1. The van der Waals surface area contributed by atoms with Crippen LogP contribution in [0.2, 0.25) is 0 Å². The second-order valence-electron chi connectivity index (χ2n) is 8.34. The topological polar surface area (TPSA) is 62.8 Å². The van der Waals surface area contributed by atoms with Crippen LogP contribution in [0.4, 0.5) is 10.5 Å². The summed E-state index contributed by atoms with van der Waals surface area (Å²) in [6.45, 7) is 2.68. The molecule has 1 unspecified atom stereocenters. The SMILES string of the molecule is CN(C)C1(CNC(=O)Nc2cccc(COCC3CCCCO3)c2)CCCC1. The predicted octanol–water partition coefficient (Wildman–Crippen LogP) is 3.77. The van der Waals surface area contributed by atoms with E-state index in [1.165, 1.54) is 19.3 Å². The number of hydrogen-bond acceptors (Lipinski definition) is 4. The summed E-state index contributed by atoms with van der Waals surface area (Å²) in [4.78, 5) is 14.6. The van der Waals surface area contributed by atoms with Crippen LogP contribution >= 0.6 is 0 Å². The van der Waals surface area contributed by atoms with E-state index in [4.69, 9.17) is 9.47 Å². The first-order valence-electron chi connectivity index (χ1n) is 10.6. The Hall–Kier alpha value is -1.63. The van der Waals surface area contributed by atoms with Crippen molar-refractivity contribution in [3.05, 3.63) is 29.8 Å². The van der Waals surface area contributed by atoms with Crippen molar-refractivity contribution in [1.82, 2.24) is 10.2 Å². The molecule has 1 aromatic rings. The molecule has 156 valence electrons. The van der Waals surface area contributed by atoms with E-state index in [9.17, 15) is 4.79 Å². The quantitative estimate of drug-likeness (QED) is 0.710. The van der Waals surface area contributed by atoms with Crippen LogP contribution in [0.1, 0.15) is 50.5 Å². The molecule has 1 atom stereocenters. The molecule has 0 spiro atoms. The zero-order valence-electron chi connectivity index (χ0n) is 17.3. The molecule has 2 fully saturated rings. The molecule has 0 bridgehead atoms. The van der Waals surface area contributed by atoms with E-state index in [0.717, 1.165) is 43.5 Å². The van der Waals surface area contributed by atoms with Crippen LogP contribution in [0, 0.1) is 0 Å². The third-order valence-electron chi connectivity index (χ3n) is 6.09. The van der Waals surface area contributed by atoms with Gasteiger partial charge in [0.05, 0.1) is 19.3 Å². The second-order valence-corrected chi connectivity index (χ2v) is 8.34. The second kappa shape index (κ2) is 10.2.